The first-order valence-electron chi connectivity index (χ1n) is 12.4. The van der Waals surface area contributed by atoms with Crippen molar-refractivity contribution in [2.24, 2.45) is 10.9 Å². The molecule has 4 nitrogen and oxygen atoms in total. The van der Waals surface area contributed by atoms with Crippen LogP contribution in [-0.4, -0.2) is 33.5 Å². The van der Waals surface area contributed by atoms with Gasteiger partial charge in [0.05, 0.1) is 24.8 Å². The molecule has 0 saturated carbocycles. The van der Waals surface area contributed by atoms with Gasteiger partial charge in [-0.25, -0.2) is 4.99 Å². The van der Waals surface area contributed by atoms with Crippen LogP contribution in [0, 0.1) is 5.92 Å². The molecular formula is C31H31NO3Si. The second-order valence-corrected chi connectivity index (χ2v) is 12.5. The van der Waals surface area contributed by atoms with Crippen molar-refractivity contribution in [2.75, 3.05) is 7.11 Å². The molecule has 1 fully saturated rings. The Kier molecular flexibility index (Phi) is 7.03. The van der Waals surface area contributed by atoms with E-state index in [1.807, 2.05) is 24.3 Å². The Morgan fingerprint density at radius 2 is 1.19 bits per heavy atom. The van der Waals surface area contributed by atoms with Gasteiger partial charge < -0.3 is 13.9 Å². The van der Waals surface area contributed by atoms with Gasteiger partial charge in [-0.15, -0.1) is 0 Å². The van der Waals surface area contributed by atoms with Crippen molar-refractivity contribution in [3.63, 3.8) is 0 Å². The topological polar surface area (TPSA) is 40.0 Å². The first-order chi connectivity index (χ1) is 17.6. The largest absolute Gasteiger partial charge is 0.497 e. The van der Waals surface area contributed by atoms with Crippen molar-refractivity contribution in [2.45, 2.75) is 26.1 Å². The summed E-state index contributed by atoms with van der Waals surface area (Å²) in [5, 5.41) is 3.65. The zero-order valence-corrected chi connectivity index (χ0v) is 21.9. The van der Waals surface area contributed by atoms with Crippen molar-refractivity contribution in [1.82, 2.24) is 0 Å². The third kappa shape index (κ3) is 4.60. The Labute approximate surface area is 214 Å². The fraction of sp³-hybridized carbons (Fsp3) is 0.194. The number of benzene rings is 4. The minimum Gasteiger partial charge on any atom is -0.497 e. The second kappa shape index (κ2) is 10.5. The summed E-state index contributed by atoms with van der Waals surface area (Å²) in [6, 6.07) is 39.6. The first-order valence-corrected chi connectivity index (χ1v) is 14.3. The fourth-order valence-corrected chi connectivity index (χ4v) is 8.99. The van der Waals surface area contributed by atoms with E-state index in [9.17, 15) is 0 Å². The van der Waals surface area contributed by atoms with Crippen LogP contribution in [0.2, 0.25) is 0 Å². The molecule has 1 aliphatic heterocycles. The molecule has 36 heavy (non-hydrogen) atoms. The molecule has 5 heteroatoms. The number of aliphatic imine (C=N–C) groups is 1. The van der Waals surface area contributed by atoms with Crippen molar-refractivity contribution >= 4 is 35.5 Å². The van der Waals surface area contributed by atoms with Crippen LogP contribution < -0.4 is 20.3 Å². The summed E-state index contributed by atoms with van der Waals surface area (Å²) < 4.78 is 18.7. The summed E-state index contributed by atoms with van der Waals surface area (Å²) in [5.74, 6) is 1.70. The van der Waals surface area contributed by atoms with E-state index in [1.165, 1.54) is 15.6 Å². The van der Waals surface area contributed by atoms with E-state index in [1.54, 1.807) is 7.11 Å². The van der Waals surface area contributed by atoms with Gasteiger partial charge in [0.25, 0.3) is 8.32 Å². The highest BCUT2D eigenvalue weighted by atomic mass is 28.4. The Morgan fingerprint density at radius 3 is 1.61 bits per heavy atom. The maximum atomic E-state index is 7.24. The monoisotopic (exact) mass is 493 g/mol. The zero-order chi connectivity index (χ0) is 25.0. The van der Waals surface area contributed by atoms with Crippen molar-refractivity contribution in [3.05, 3.63) is 115 Å². The van der Waals surface area contributed by atoms with Crippen molar-refractivity contribution in [1.29, 1.82) is 0 Å². The molecule has 1 heterocycles. The normalized spacial score (nSPS) is 19.2. The lowest BCUT2D eigenvalue weighted by Crippen LogP contribution is -2.71. The van der Waals surface area contributed by atoms with E-state index in [-0.39, 0.29) is 18.1 Å². The van der Waals surface area contributed by atoms with E-state index in [2.05, 4.69) is 105 Å². The molecule has 0 aromatic heterocycles. The van der Waals surface area contributed by atoms with Gasteiger partial charge in [-0.1, -0.05) is 97.9 Å². The molecule has 1 saturated heterocycles. The second-order valence-electron chi connectivity index (χ2n) is 9.12. The highest BCUT2D eigenvalue weighted by Gasteiger charge is 2.48. The molecule has 3 atom stereocenters. The maximum Gasteiger partial charge on any atom is 0.288 e. The average Bonchev–Trinajstić information content (AvgIpc) is 2.95. The number of hydrogen-bond donors (Lipinski definition) is 0. The smallest absolute Gasteiger partial charge is 0.288 e. The van der Waals surface area contributed by atoms with Crippen LogP contribution in [0.1, 0.15) is 13.8 Å². The Morgan fingerprint density at radius 1 is 0.722 bits per heavy atom. The van der Waals surface area contributed by atoms with Crippen LogP contribution in [0.25, 0.3) is 0 Å². The molecule has 0 amide bonds. The number of ether oxygens (including phenoxy) is 2. The van der Waals surface area contributed by atoms with Crippen LogP contribution in [0.15, 0.2) is 120 Å². The lowest BCUT2D eigenvalue weighted by Gasteiger charge is -2.44. The van der Waals surface area contributed by atoms with Gasteiger partial charge in [0.2, 0.25) is 0 Å². The highest BCUT2D eigenvalue weighted by Crippen LogP contribution is 2.31. The molecule has 1 aliphatic rings. The molecule has 0 unspecified atom stereocenters. The Bertz CT molecular complexity index is 1200. The van der Waals surface area contributed by atoms with Crippen LogP contribution in [0.5, 0.6) is 5.75 Å². The molecule has 0 radical (unpaired) electrons. The SMILES string of the molecule is COc1ccc(N=C2O[C@H]([C@H](C)O[Si](c3ccccc3)(c3ccccc3)c3ccccc3)[C@@H]2C)cc1. The molecule has 0 aliphatic carbocycles. The summed E-state index contributed by atoms with van der Waals surface area (Å²) in [4.78, 5) is 4.72. The van der Waals surface area contributed by atoms with E-state index >= 15 is 0 Å². The zero-order valence-electron chi connectivity index (χ0n) is 20.9. The molecule has 4 aromatic carbocycles. The molecule has 4 aromatic rings. The van der Waals surface area contributed by atoms with Crippen LogP contribution >= 0.6 is 0 Å². The molecular weight excluding hydrogens is 462 g/mol. The molecule has 0 spiro atoms. The Balaban J connectivity index is 1.47. The molecule has 0 bridgehead atoms. The van der Waals surface area contributed by atoms with Crippen LogP contribution in [-0.2, 0) is 9.16 Å². The number of hydrogen-bond acceptors (Lipinski definition) is 4. The first kappa shape index (κ1) is 24.0. The van der Waals surface area contributed by atoms with Gasteiger partial charge in [0.1, 0.15) is 11.9 Å². The molecule has 5 rings (SSSR count). The maximum absolute atomic E-state index is 7.24. The predicted octanol–water partition coefficient (Wildman–Crippen LogP) is 4.83. The summed E-state index contributed by atoms with van der Waals surface area (Å²) in [6.45, 7) is 4.29. The Hall–Kier alpha value is -3.67. The standard InChI is InChI=1S/C31H31NO3Si/c1-23-30(34-31(23)32-25-19-21-26(33-3)22-20-25)24(2)35-36(27-13-7-4-8-14-27,28-15-9-5-10-16-28)29-17-11-6-12-18-29/h4-24,30H,1-3H3/t23-,24-,30-/m0/s1. The van der Waals surface area contributed by atoms with E-state index < -0.39 is 8.32 Å². The quantitative estimate of drug-likeness (QED) is 0.261. The van der Waals surface area contributed by atoms with Gasteiger partial charge >= 0.3 is 0 Å². The summed E-state index contributed by atoms with van der Waals surface area (Å²) >= 11 is 0. The minimum atomic E-state index is -2.80. The van der Waals surface area contributed by atoms with Gasteiger partial charge in [-0.05, 0) is 46.7 Å². The molecule has 0 N–H and O–H groups in total. The van der Waals surface area contributed by atoms with Gasteiger partial charge in [-0.3, -0.25) is 0 Å². The van der Waals surface area contributed by atoms with E-state index in [4.69, 9.17) is 18.9 Å². The van der Waals surface area contributed by atoms with Crippen LogP contribution in [0.3, 0.4) is 0 Å². The predicted molar refractivity (Wildman–Crippen MR) is 149 cm³/mol. The van der Waals surface area contributed by atoms with Crippen molar-refractivity contribution < 1.29 is 13.9 Å². The summed E-state index contributed by atoms with van der Waals surface area (Å²) in [5.41, 5.74) is 0.853. The third-order valence-electron chi connectivity index (χ3n) is 6.82. The minimum absolute atomic E-state index is 0.0787. The van der Waals surface area contributed by atoms with E-state index in [0.29, 0.717) is 0 Å². The summed E-state index contributed by atoms with van der Waals surface area (Å²) in [6.07, 6.45) is -0.216. The van der Waals surface area contributed by atoms with Crippen molar-refractivity contribution in [3.8, 4) is 5.75 Å². The fourth-order valence-electron chi connectivity index (χ4n) is 4.90. The number of nitrogens with zero attached hydrogens (tertiary/aromatic N) is 1. The van der Waals surface area contributed by atoms with E-state index in [0.717, 1.165) is 17.3 Å². The van der Waals surface area contributed by atoms with Crippen LogP contribution in [0.4, 0.5) is 5.69 Å². The highest BCUT2D eigenvalue weighted by molar-refractivity contribution is 7.07. The van der Waals surface area contributed by atoms with Gasteiger partial charge in [0.15, 0.2) is 5.90 Å². The van der Waals surface area contributed by atoms with Gasteiger partial charge in [-0.2, -0.15) is 0 Å². The molecule has 182 valence electrons. The lowest BCUT2D eigenvalue weighted by atomic mass is 9.94. The average molecular weight is 494 g/mol. The lowest BCUT2D eigenvalue weighted by molar-refractivity contribution is -0.0211. The number of rotatable bonds is 8. The summed E-state index contributed by atoms with van der Waals surface area (Å²) in [7, 11) is -1.14. The van der Waals surface area contributed by atoms with Gasteiger partial charge in [0, 0.05) is 0 Å². The third-order valence-corrected chi connectivity index (χ3v) is 11.0. The number of methoxy groups -OCH3 is 1.